The van der Waals surface area contributed by atoms with Crippen molar-refractivity contribution in [1.29, 1.82) is 0 Å². The van der Waals surface area contributed by atoms with Crippen LogP contribution in [0.1, 0.15) is 29.8 Å². The first kappa shape index (κ1) is 15.9. The maximum Gasteiger partial charge on any atom is 0.159 e. The minimum atomic E-state index is -0.134. The van der Waals surface area contributed by atoms with E-state index in [1.807, 2.05) is 19.1 Å². The highest BCUT2D eigenvalue weighted by Gasteiger charge is 2.21. The van der Waals surface area contributed by atoms with Gasteiger partial charge in [0, 0.05) is 30.8 Å². The van der Waals surface area contributed by atoms with Crippen molar-refractivity contribution in [3.05, 3.63) is 29.3 Å². The number of Topliss-reactive ketones (excluding diaryl/α,β-unsaturated/α-hetero) is 1. The van der Waals surface area contributed by atoms with E-state index in [1.165, 1.54) is 0 Å². The van der Waals surface area contributed by atoms with Gasteiger partial charge in [-0.25, -0.2) is 0 Å². The van der Waals surface area contributed by atoms with Gasteiger partial charge in [0.25, 0.3) is 0 Å². The molecule has 0 saturated carbocycles. The van der Waals surface area contributed by atoms with Crippen LogP contribution in [0.5, 0.6) is 5.75 Å². The smallest absolute Gasteiger partial charge is 0.159 e. The Hall–Kier alpha value is -1.43. The molecular weight excluding hydrogens is 270 g/mol. The number of hydrogen-bond donors (Lipinski definition) is 1. The van der Waals surface area contributed by atoms with Crippen LogP contribution in [-0.2, 0) is 11.3 Å². The molecule has 116 valence electrons. The highest BCUT2D eigenvalue weighted by molar-refractivity contribution is 5.94. The molecule has 1 saturated heterocycles. The van der Waals surface area contributed by atoms with E-state index >= 15 is 0 Å². The molecule has 1 fully saturated rings. The summed E-state index contributed by atoms with van der Waals surface area (Å²) in [6.07, 6.45) is -0.134. The summed E-state index contributed by atoms with van der Waals surface area (Å²) >= 11 is 0. The van der Waals surface area contributed by atoms with Crippen LogP contribution in [-0.4, -0.2) is 54.8 Å². The Morgan fingerprint density at radius 2 is 2.33 bits per heavy atom. The molecule has 1 unspecified atom stereocenters. The number of nitrogens with zero attached hydrogens (tertiary/aromatic N) is 1. The molecule has 1 atom stereocenters. The van der Waals surface area contributed by atoms with E-state index in [0.717, 1.165) is 17.9 Å². The van der Waals surface area contributed by atoms with Crippen LogP contribution < -0.4 is 4.74 Å². The SMILES string of the molecule is CCOc1ccc(C(C)=O)cc1CN1CCOC(CO)C1. The van der Waals surface area contributed by atoms with Gasteiger partial charge in [-0.1, -0.05) is 0 Å². The van der Waals surface area contributed by atoms with E-state index < -0.39 is 0 Å². The van der Waals surface area contributed by atoms with Gasteiger partial charge in [-0.2, -0.15) is 0 Å². The van der Waals surface area contributed by atoms with Gasteiger partial charge in [-0.3, -0.25) is 9.69 Å². The van der Waals surface area contributed by atoms with Gasteiger partial charge in [0.1, 0.15) is 5.75 Å². The van der Waals surface area contributed by atoms with Gasteiger partial charge < -0.3 is 14.6 Å². The van der Waals surface area contributed by atoms with E-state index in [2.05, 4.69) is 4.90 Å². The summed E-state index contributed by atoms with van der Waals surface area (Å²) in [6, 6.07) is 5.56. The quantitative estimate of drug-likeness (QED) is 0.805. The molecule has 0 amide bonds. The second-order valence-electron chi connectivity index (χ2n) is 5.22. The predicted molar refractivity (Wildman–Crippen MR) is 79.7 cm³/mol. The number of carbonyl (C=O) groups excluding carboxylic acids is 1. The van der Waals surface area contributed by atoms with Crippen LogP contribution >= 0.6 is 0 Å². The predicted octanol–water partition coefficient (Wildman–Crippen LogP) is 1.48. The highest BCUT2D eigenvalue weighted by Crippen LogP contribution is 2.23. The number of hydrogen-bond acceptors (Lipinski definition) is 5. The average Bonchev–Trinajstić information content (AvgIpc) is 2.49. The van der Waals surface area contributed by atoms with Crippen molar-refractivity contribution in [2.75, 3.05) is 32.9 Å². The van der Waals surface area contributed by atoms with E-state index in [-0.39, 0.29) is 18.5 Å². The molecule has 0 radical (unpaired) electrons. The molecule has 1 aromatic rings. The summed E-state index contributed by atoms with van der Waals surface area (Å²) in [4.78, 5) is 13.8. The molecule has 1 heterocycles. The van der Waals surface area contributed by atoms with Crippen molar-refractivity contribution in [2.24, 2.45) is 0 Å². The highest BCUT2D eigenvalue weighted by atomic mass is 16.5. The largest absolute Gasteiger partial charge is 0.494 e. The lowest BCUT2D eigenvalue weighted by Gasteiger charge is -2.32. The monoisotopic (exact) mass is 293 g/mol. The molecule has 0 spiro atoms. The number of ketones is 1. The average molecular weight is 293 g/mol. The van der Waals surface area contributed by atoms with Crippen LogP contribution in [0.3, 0.4) is 0 Å². The minimum absolute atomic E-state index is 0.0301. The van der Waals surface area contributed by atoms with Crippen molar-refractivity contribution < 1.29 is 19.4 Å². The molecule has 5 nitrogen and oxygen atoms in total. The molecule has 0 aromatic heterocycles. The third kappa shape index (κ3) is 4.27. The van der Waals surface area contributed by atoms with Crippen LogP contribution in [0.2, 0.25) is 0 Å². The molecule has 1 N–H and O–H groups in total. The first-order chi connectivity index (χ1) is 10.1. The van der Waals surface area contributed by atoms with Crippen LogP contribution in [0, 0.1) is 0 Å². The van der Waals surface area contributed by atoms with Gasteiger partial charge in [-0.15, -0.1) is 0 Å². The van der Waals surface area contributed by atoms with E-state index in [4.69, 9.17) is 9.47 Å². The zero-order valence-electron chi connectivity index (χ0n) is 12.7. The number of rotatable bonds is 6. The second-order valence-corrected chi connectivity index (χ2v) is 5.22. The summed E-state index contributed by atoms with van der Waals surface area (Å²) in [6.45, 7) is 6.93. The number of ether oxygens (including phenoxy) is 2. The van der Waals surface area contributed by atoms with Gasteiger partial charge in [-0.05, 0) is 32.0 Å². The lowest BCUT2D eigenvalue weighted by atomic mass is 10.1. The molecule has 1 aliphatic heterocycles. The Labute approximate surface area is 125 Å². The van der Waals surface area contributed by atoms with E-state index in [1.54, 1.807) is 13.0 Å². The molecule has 0 aliphatic carbocycles. The first-order valence-electron chi connectivity index (χ1n) is 7.35. The van der Waals surface area contributed by atoms with Crippen molar-refractivity contribution in [3.8, 4) is 5.75 Å². The summed E-state index contributed by atoms with van der Waals surface area (Å²) < 4.78 is 11.1. The Morgan fingerprint density at radius 3 is 3.00 bits per heavy atom. The number of aliphatic hydroxyl groups is 1. The first-order valence-corrected chi connectivity index (χ1v) is 7.35. The van der Waals surface area contributed by atoms with Crippen LogP contribution in [0.15, 0.2) is 18.2 Å². The van der Waals surface area contributed by atoms with Gasteiger partial charge in [0.15, 0.2) is 5.78 Å². The number of benzene rings is 1. The topological polar surface area (TPSA) is 59.0 Å². The summed E-state index contributed by atoms with van der Waals surface area (Å²) in [5.74, 6) is 0.865. The molecule has 0 bridgehead atoms. The van der Waals surface area contributed by atoms with Crippen molar-refractivity contribution in [3.63, 3.8) is 0 Å². The summed E-state index contributed by atoms with van der Waals surface area (Å²) in [5, 5.41) is 9.21. The molecule has 1 aromatic carbocycles. The lowest BCUT2D eigenvalue weighted by molar-refractivity contribution is -0.0552. The third-order valence-corrected chi connectivity index (χ3v) is 3.59. The Morgan fingerprint density at radius 1 is 1.52 bits per heavy atom. The fourth-order valence-corrected chi connectivity index (χ4v) is 2.49. The maximum absolute atomic E-state index is 11.5. The van der Waals surface area contributed by atoms with Gasteiger partial charge in [0.2, 0.25) is 0 Å². The molecule has 1 aliphatic rings. The van der Waals surface area contributed by atoms with Crippen LogP contribution in [0.4, 0.5) is 0 Å². The molecule has 21 heavy (non-hydrogen) atoms. The number of morpholine rings is 1. The number of carbonyl (C=O) groups is 1. The zero-order valence-corrected chi connectivity index (χ0v) is 12.7. The Kier molecular flexibility index (Phi) is 5.73. The van der Waals surface area contributed by atoms with Gasteiger partial charge in [0.05, 0.1) is 25.9 Å². The van der Waals surface area contributed by atoms with Crippen LogP contribution in [0.25, 0.3) is 0 Å². The summed E-state index contributed by atoms with van der Waals surface area (Å²) in [5.41, 5.74) is 1.70. The summed E-state index contributed by atoms with van der Waals surface area (Å²) in [7, 11) is 0. The standard InChI is InChI=1S/C16H23NO4/c1-3-20-16-5-4-13(12(2)19)8-14(16)9-17-6-7-21-15(10-17)11-18/h4-5,8,15,18H,3,6-7,9-11H2,1-2H3. The normalized spacial score (nSPS) is 19.5. The Balaban J connectivity index is 2.15. The van der Waals surface area contributed by atoms with E-state index in [9.17, 15) is 9.90 Å². The Bertz CT molecular complexity index is 489. The molecule has 5 heteroatoms. The molecular formula is C16H23NO4. The lowest BCUT2D eigenvalue weighted by Crippen LogP contribution is -2.43. The van der Waals surface area contributed by atoms with Gasteiger partial charge >= 0.3 is 0 Å². The maximum atomic E-state index is 11.5. The van der Waals surface area contributed by atoms with Crippen molar-refractivity contribution in [2.45, 2.75) is 26.5 Å². The fraction of sp³-hybridized carbons (Fsp3) is 0.562. The fourth-order valence-electron chi connectivity index (χ4n) is 2.49. The third-order valence-electron chi connectivity index (χ3n) is 3.59. The van der Waals surface area contributed by atoms with Crippen molar-refractivity contribution in [1.82, 2.24) is 4.90 Å². The molecule has 2 rings (SSSR count). The second kappa shape index (κ2) is 7.54. The van der Waals surface area contributed by atoms with Crippen molar-refractivity contribution >= 4 is 5.78 Å². The minimum Gasteiger partial charge on any atom is -0.494 e. The number of aliphatic hydroxyl groups excluding tert-OH is 1. The zero-order chi connectivity index (χ0) is 15.2. The van der Waals surface area contributed by atoms with E-state index in [0.29, 0.717) is 31.9 Å².